The zero-order chi connectivity index (χ0) is 14.1. The van der Waals surface area contributed by atoms with E-state index in [1.807, 2.05) is 24.7 Å². The van der Waals surface area contributed by atoms with Crippen LogP contribution >= 0.6 is 11.3 Å². The minimum Gasteiger partial charge on any atom is -0.351 e. The highest BCUT2D eigenvalue weighted by Gasteiger charge is 2.14. The number of amides is 1. The van der Waals surface area contributed by atoms with E-state index in [0.29, 0.717) is 6.54 Å². The Labute approximate surface area is 119 Å². The zero-order valence-corrected chi connectivity index (χ0v) is 12.1. The summed E-state index contributed by atoms with van der Waals surface area (Å²) in [6, 6.07) is 1.91. The van der Waals surface area contributed by atoms with Gasteiger partial charge in [0, 0.05) is 37.3 Å². The van der Waals surface area contributed by atoms with Crippen LogP contribution in [0.4, 0.5) is 0 Å². The van der Waals surface area contributed by atoms with E-state index in [2.05, 4.69) is 20.4 Å². The molecule has 0 aliphatic carbocycles. The van der Waals surface area contributed by atoms with E-state index >= 15 is 0 Å². The molecular weight excluding hydrogens is 274 g/mol. The Kier molecular flexibility index (Phi) is 3.27. The predicted molar refractivity (Wildman–Crippen MR) is 78.0 cm³/mol. The van der Waals surface area contributed by atoms with Crippen molar-refractivity contribution in [2.75, 3.05) is 6.54 Å². The average molecular weight is 289 g/mol. The van der Waals surface area contributed by atoms with Crippen LogP contribution in [-0.4, -0.2) is 32.2 Å². The van der Waals surface area contributed by atoms with E-state index in [1.165, 1.54) is 11.3 Å². The van der Waals surface area contributed by atoms with Gasteiger partial charge in [0.15, 0.2) is 0 Å². The molecule has 2 N–H and O–H groups in total. The lowest BCUT2D eigenvalue weighted by atomic mass is 10.3. The van der Waals surface area contributed by atoms with E-state index in [9.17, 15) is 4.79 Å². The van der Waals surface area contributed by atoms with Crippen LogP contribution in [-0.2, 0) is 13.5 Å². The van der Waals surface area contributed by atoms with Gasteiger partial charge in [0.25, 0.3) is 5.91 Å². The molecule has 3 aromatic rings. The molecule has 0 aliphatic rings. The number of rotatable bonds is 4. The summed E-state index contributed by atoms with van der Waals surface area (Å²) in [7, 11) is 1.89. The second-order valence-electron chi connectivity index (χ2n) is 4.62. The van der Waals surface area contributed by atoms with Crippen LogP contribution in [0.1, 0.15) is 21.1 Å². The number of hydrogen-bond acceptors (Lipinski definition) is 4. The van der Waals surface area contributed by atoms with E-state index in [-0.39, 0.29) is 5.91 Å². The smallest absolute Gasteiger partial charge is 0.261 e. The highest BCUT2D eigenvalue weighted by atomic mass is 32.1. The topological polar surface area (TPSA) is 75.6 Å². The van der Waals surface area contributed by atoms with E-state index in [4.69, 9.17) is 0 Å². The predicted octanol–water partition coefficient (Wildman–Crippen LogP) is 1.64. The van der Waals surface area contributed by atoms with E-state index in [0.717, 1.165) is 32.9 Å². The van der Waals surface area contributed by atoms with Gasteiger partial charge in [-0.2, -0.15) is 5.10 Å². The van der Waals surface area contributed by atoms with Crippen LogP contribution < -0.4 is 5.32 Å². The Hall–Kier alpha value is -2.15. The number of aromatic amines is 1. The van der Waals surface area contributed by atoms with Crippen molar-refractivity contribution in [2.45, 2.75) is 13.3 Å². The van der Waals surface area contributed by atoms with Gasteiger partial charge in [-0.15, -0.1) is 11.3 Å². The van der Waals surface area contributed by atoms with Crippen LogP contribution in [0.2, 0.25) is 0 Å². The first-order valence-electron chi connectivity index (χ1n) is 6.34. The quantitative estimate of drug-likeness (QED) is 0.766. The second-order valence-corrected chi connectivity index (χ2v) is 5.65. The fraction of sp³-hybridized carbons (Fsp3) is 0.308. The first-order chi connectivity index (χ1) is 9.65. The Balaban J connectivity index is 1.67. The van der Waals surface area contributed by atoms with Crippen LogP contribution in [0.3, 0.4) is 0 Å². The highest BCUT2D eigenvalue weighted by molar-refractivity contribution is 7.20. The summed E-state index contributed by atoms with van der Waals surface area (Å²) in [5.74, 6) is -0.0369. The third-order valence-corrected chi connectivity index (χ3v) is 4.36. The van der Waals surface area contributed by atoms with Crippen molar-refractivity contribution < 1.29 is 4.79 Å². The Morgan fingerprint density at radius 1 is 1.55 bits per heavy atom. The molecule has 0 spiro atoms. The Morgan fingerprint density at radius 3 is 3.10 bits per heavy atom. The molecule has 6 nitrogen and oxygen atoms in total. The van der Waals surface area contributed by atoms with Gasteiger partial charge in [0.05, 0.1) is 16.9 Å². The largest absolute Gasteiger partial charge is 0.351 e. The van der Waals surface area contributed by atoms with E-state index < -0.39 is 0 Å². The summed E-state index contributed by atoms with van der Waals surface area (Å²) in [5.41, 5.74) is 1.97. The standard InChI is InChI=1S/C13H15N5OS/c1-8-10-5-11(20-13(10)18(2)17-8)12(19)15-4-3-9-6-14-7-16-9/h5-7H,3-4H2,1-2H3,(H,14,16)(H,15,19). The molecule has 3 heterocycles. The number of thiophene rings is 1. The van der Waals surface area contributed by atoms with Gasteiger partial charge in [-0.25, -0.2) is 4.98 Å². The summed E-state index contributed by atoms with van der Waals surface area (Å²) in [6.45, 7) is 2.54. The molecule has 0 fully saturated rings. The average Bonchev–Trinajstić information content (AvgIpc) is 3.11. The molecule has 7 heteroatoms. The SMILES string of the molecule is Cc1nn(C)c2sc(C(=O)NCCc3cnc[nH]3)cc12. The zero-order valence-electron chi connectivity index (χ0n) is 11.3. The van der Waals surface area contributed by atoms with Crippen LogP contribution in [0.25, 0.3) is 10.2 Å². The van der Waals surface area contributed by atoms with Gasteiger partial charge >= 0.3 is 0 Å². The number of H-pyrrole nitrogens is 1. The Morgan fingerprint density at radius 2 is 2.40 bits per heavy atom. The monoisotopic (exact) mass is 289 g/mol. The van der Waals surface area contributed by atoms with E-state index in [1.54, 1.807) is 12.5 Å². The van der Waals surface area contributed by atoms with Crippen molar-refractivity contribution >= 4 is 27.5 Å². The van der Waals surface area contributed by atoms with Crippen molar-refractivity contribution in [1.82, 2.24) is 25.1 Å². The second kappa shape index (κ2) is 5.09. The van der Waals surface area contributed by atoms with Crippen LogP contribution in [0.5, 0.6) is 0 Å². The number of carbonyl (C=O) groups is 1. The molecule has 0 aromatic carbocycles. The minimum absolute atomic E-state index is 0.0369. The molecule has 3 rings (SSSR count). The normalized spacial score (nSPS) is 11.1. The van der Waals surface area contributed by atoms with Crippen LogP contribution in [0, 0.1) is 6.92 Å². The molecule has 20 heavy (non-hydrogen) atoms. The van der Waals surface area contributed by atoms with Gasteiger partial charge < -0.3 is 10.3 Å². The summed E-state index contributed by atoms with van der Waals surface area (Å²) in [6.07, 6.45) is 4.15. The first kappa shape index (κ1) is 12.9. The van der Waals surface area contributed by atoms with Crippen molar-refractivity contribution in [3.8, 4) is 0 Å². The first-order valence-corrected chi connectivity index (χ1v) is 7.15. The van der Waals surface area contributed by atoms with Gasteiger partial charge in [0.1, 0.15) is 4.83 Å². The third kappa shape index (κ3) is 2.32. The molecule has 0 saturated carbocycles. The summed E-state index contributed by atoms with van der Waals surface area (Å²) in [4.78, 5) is 20.8. The minimum atomic E-state index is -0.0369. The van der Waals surface area contributed by atoms with Gasteiger partial charge in [-0.05, 0) is 13.0 Å². The van der Waals surface area contributed by atoms with Gasteiger partial charge in [-0.3, -0.25) is 9.48 Å². The number of nitrogens with zero attached hydrogens (tertiary/aromatic N) is 3. The maximum Gasteiger partial charge on any atom is 0.261 e. The molecule has 1 amide bonds. The summed E-state index contributed by atoms with van der Waals surface area (Å²) >= 11 is 1.47. The lowest BCUT2D eigenvalue weighted by Gasteiger charge is -2.01. The fourth-order valence-electron chi connectivity index (χ4n) is 2.14. The summed E-state index contributed by atoms with van der Waals surface area (Å²) in [5, 5.41) is 8.30. The van der Waals surface area contributed by atoms with Gasteiger partial charge in [-0.1, -0.05) is 0 Å². The molecule has 0 aliphatic heterocycles. The third-order valence-electron chi connectivity index (χ3n) is 3.15. The molecule has 3 aromatic heterocycles. The van der Waals surface area contributed by atoms with Crippen molar-refractivity contribution in [1.29, 1.82) is 0 Å². The molecular formula is C13H15N5OS. The fourth-order valence-corrected chi connectivity index (χ4v) is 3.18. The maximum atomic E-state index is 12.1. The lowest BCUT2D eigenvalue weighted by Crippen LogP contribution is -2.24. The number of fused-ring (bicyclic) bond motifs is 1. The molecule has 0 unspecified atom stereocenters. The molecule has 0 atom stereocenters. The van der Waals surface area contributed by atoms with Crippen molar-refractivity contribution in [3.05, 3.63) is 34.9 Å². The molecule has 104 valence electrons. The number of aryl methyl sites for hydroxylation is 2. The van der Waals surface area contributed by atoms with Crippen LogP contribution in [0.15, 0.2) is 18.6 Å². The number of imidazole rings is 1. The highest BCUT2D eigenvalue weighted by Crippen LogP contribution is 2.27. The molecule has 0 bridgehead atoms. The Bertz CT molecular complexity index is 706. The molecule has 0 radical (unpaired) electrons. The number of carbonyl (C=O) groups excluding carboxylic acids is 1. The molecule has 0 saturated heterocycles. The van der Waals surface area contributed by atoms with Crippen molar-refractivity contribution in [3.63, 3.8) is 0 Å². The summed E-state index contributed by atoms with van der Waals surface area (Å²) < 4.78 is 1.82. The number of hydrogen-bond donors (Lipinski definition) is 2. The maximum absolute atomic E-state index is 12.1. The number of aromatic nitrogens is 4. The van der Waals surface area contributed by atoms with Gasteiger partial charge in [0.2, 0.25) is 0 Å². The van der Waals surface area contributed by atoms with Crippen molar-refractivity contribution in [2.24, 2.45) is 7.05 Å². The number of nitrogens with one attached hydrogen (secondary N) is 2. The lowest BCUT2D eigenvalue weighted by molar-refractivity contribution is 0.0958.